The first-order chi connectivity index (χ1) is 18.8. The van der Waals surface area contributed by atoms with E-state index in [0.717, 1.165) is 40.2 Å². The lowest BCUT2D eigenvalue weighted by Gasteiger charge is -2.35. The molecule has 1 saturated carbocycles. The van der Waals surface area contributed by atoms with Crippen molar-refractivity contribution in [3.8, 4) is 11.1 Å². The number of aromatic nitrogens is 5. The van der Waals surface area contributed by atoms with Gasteiger partial charge in [-0.2, -0.15) is 18.3 Å². The van der Waals surface area contributed by atoms with E-state index in [1.54, 1.807) is 6.20 Å². The first kappa shape index (κ1) is 25.4. The number of anilines is 2. The van der Waals surface area contributed by atoms with Gasteiger partial charge in [-0.25, -0.2) is 9.97 Å². The van der Waals surface area contributed by atoms with Crippen molar-refractivity contribution < 1.29 is 18.0 Å². The topological polar surface area (TPSA) is 95.0 Å². The van der Waals surface area contributed by atoms with Crippen LogP contribution < -0.4 is 5.32 Å². The molecule has 4 aromatic rings. The minimum atomic E-state index is -4.48. The molecule has 1 amide bonds. The maximum Gasteiger partial charge on any atom is 0.397 e. The molecule has 204 valence electrons. The molecule has 6 rings (SSSR count). The smallest absolute Gasteiger partial charge is 0.340 e. The Morgan fingerprint density at radius 1 is 1.08 bits per heavy atom. The van der Waals surface area contributed by atoms with Crippen LogP contribution in [-0.2, 0) is 17.9 Å². The van der Waals surface area contributed by atoms with Crippen LogP contribution in [0.5, 0.6) is 0 Å². The van der Waals surface area contributed by atoms with Crippen LogP contribution in [0.1, 0.15) is 24.8 Å². The van der Waals surface area contributed by atoms with Crippen LogP contribution in [0.4, 0.5) is 24.9 Å². The second-order valence-corrected chi connectivity index (χ2v) is 10.3. The van der Waals surface area contributed by atoms with E-state index in [9.17, 15) is 18.0 Å². The summed E-state index contributed by atoms with van der Waals surface area (Å²) in [6.45, 7) is 3.18. The van der Waals surface area contributed by atoms with Gasteiger partial charge in [0, 0.05) is 57.2 Å². The molecule has 2 N–H and O–H groups in total. The van der Waals surface area contributed by atoms with Crippen LogP contribution >= 0.6 is 0 Å². The lowest BCUT2D eigenvalue weighted by molar-refractivity contribution is -0.162. The number of hydrogen-bond donors (Lipinski definition) is 2. The molecule has 0 unspecified atom stereocenters. The molecule has 0 radical (unpaired) electrons. The van der Waals surface area contributed by atoms with Gasteiger partial charge in [-0.05, 0) is 54.2 Å². The molecule has 1 aliphatic carbocycles. The summed E-state index contributed by atoms with van der Waals surface area (Å²) in [6, 6.07) is 9.91. The number of aromatic amines is 1. The minimum absolute atomic E-state index is 0.285. The molecular formula is C27H29F3N8O. The van der Waals surface area contributed by atoms with Crippen molar-refractivity contribution >= 4 is 28.7 Å². The Morgan fingerprint density at radius 3 is 2.67 bits per heavy atom. The number of H-pyrrole nitrogens is 1. The molecular weight excluding hydrogens is 509 g/mol. The Kier molecular flexibility index (Phi) is 6.71. The highest BCUT2D eigenvalue weighted by atomic mass is 19.4. The molecule has 9 nitrogen and oxygen atoms in total. The number of piperazine rings is 1. The Balaban J connectivity index is 1.07. The van der Waals surface area contributed by atoms with Gasteiger partial charge in [0.05, 0.1) is 17.2 Å². The lowest BCUT2D eigenvalue weighted by Crippen LogP contribution is -2.49. The number of pyridine rings is 1. The van der Waals surface area contributed by atoms with Crippen molar-refractivity contribution in [3.05, 3.63) is 54.5 Å². The van der Waals surface area contributed by atoms with Gasteiger partial charge in [0.2, 0.25) is 11.9 Å². The molecule has 2 aliphatic rings. The zero-order valence-electron chi connectivity index (χ0n) is 21.3. The van der Waals surface area contributed by atoms with E-state index in [-0.39, 0.29) is 13.1 Å². The van der Waals surface area contributed by atoms with E-state index in [0.29, 0.717) is 31.4 Å². The number of hydrogen-bond acceptors (Lipinski definition) is 6. The molecule has 1 aliphatic heterocycles. The van der Waals surface area contributed by atoms with Crippen molar-refractivity contribution in [1.82, 2.24) is 34.5 Å². The van der Waals surface area contributed by atoms with Gasteiger partial charge in [0.1, 0.15) is 12.2 Å². The number of benzene rings is 1. The third-order valence-electron chi connectivity index (χ3n) is 7.14. The van der Waals surface area contributed by atoms with E-state index >= 15 is 0 Å². The van der Waals surface area contributed by atoms with Gasteiger partial charge in [0.15, 0.2) is 0 Å². The zero-order chi connectivity index (χ0) is 27.0. The quantitative estimate of drug-likeness (QED) is 0.341. The molecule has 1 saturated heterocycles. The number of fused-ring (bicyclic) bond motifs is 1. The summed E-state index contributed by atoms with van der Waals surface area (Å²) < 4.78 is 39.6. The number of amides is 1. The monoisotopic (exact) mass is 538 g/mol. The van der Waals surface area contributed by atoms with Gasteiger partial charge < -0.3 is 15.2 Å². The third kappa shape index (κ3) is 6.39. The second kappa shape index (κ2) is 10.3. The van der Waals surface area contributed by atoms with Crippen LogP contribution in [0.15, 0.2) is 48.9 Å². The second-order valence-electron chi connectivity index (χ2n) is 10.3. The number of imidazole rings is 1. The summed E-state index contributed by atoms with van der Waals surface area (Å²) in [7, 11) is 0. The number of carbonyl (C=O) groups is 1. The van der Waals surface area contributed by atoms with Crippen LogP contribution in [0, 0.1) is 5.92 Å². The van der Waals surface area contributed by atoms with Crippen molar-refractivity contribution in [3.63, 3.8) is 0 Å². The summed E-state index contributed by atoms with van der Waals surface area (Å²) in [5.41, 5.74) is 4.88. The van der Waals surface area contributed by atoms with Crippen molar-refractivity contribution in [2.45, 2.75) is 38.5 Å². The molecule has 4 heterocycles. The molecule has 0 atom stereocenters. The Bertz CT molecular complexity index is 1470. The first-order valence-electron chi connectivity index (χ1n) is 13.1. The third-order valence-corrected chi connectivity index (χ3v) is 7.14. The highest BCUT2D eigenvalue weighted by Crippen LogP contribution is 2.31. The van der Waals surface area contributed by atoms with Crippen molar-refractivity contribution in [1.29, 1.82) is 0 Å². The fraction of sp³-hybridized carbons (Fsp3) is 0.407. The highest BCUT2D eigenvalue weighted by molar-refractivity contribution is 5.83. The average Bonchev–Trinajstić information content (AvgIpc) is 3.42. The molecule has 1 aromatic carbocycles. The SMILES string of the molecule is O=C(CC(F)(F)F)N1CCN(Cc2ccnc(Nc3nc4ccc(-c5cnn(CC6CC6)c5)cc4[nH]3)c2)CC1. The predicted molar refractivity (Wildman–Crippen MR) is 140 cm³/mol. The maximum absolute atomic E-state index is 12.5. The molecule has 12 heteroatoms. The fourth-order valence-corrected chi connectivity index (χ4v) is 4.89. The largest absolute Gasteiger partial charge is 0.397 e. The summed E-state index contributed by atoms with van der Waals surface area (Å²) in [6.07, 6.45) is 2.39. The molecule has 2 fully saturated rings. The summed E-state index contributed by atoms with van der Waals surface area (Å²) in [5, 5.41) is 7.73. The fourth-order valence-electron chi connectivity index (χ4n) is 4.89. The number of alkyl halides is 3. The van der Waals surface area contributed by atoms with Crippen molar-refractivity contribution in [2.24, 2.45) is 5.92 Å². The molecule has 0 spiro atoms. The van der Waals surface area contributed by atoms with Crippen molar-refractivity contribution in [2.75, 3.05) is 31.5 Å². The predicted octanol–water partition coefficient (Wildman–Crippen LogP) is 4.57. The Labute approximate surface area is 223 Å². The summed E-state index contributed by atoms with van der Waals surface area (Å²) in [5.74, 6) is 1.11. The number of nitrogens with zero attached hydrogens (tertiary/aromatic N) is 6. The number of carbonyl (C=O) groups excluding carboxylic acids is 1. The average molecular weight is 539 g/mol. The van der Waals surface area contributed by atoms with E-state index < -0.39 is 18.5 Å². The van der Waals surface area contributed by atoms with Gasteiger partial charge in [-0.1, -0.05) is 6.07 Å². The number of halogens is 3. The highest BCUT2D eigenvalue weighted by Gasteiger charge is 2.34. The normalized spacial score (nSPS) is 16.6. The number of nitrogens with one attached hydrogen (secondary N) is 2. The molecule has 0 bridgehead atoms. The van der Waals surface area contributed by atoms with E-state index in [1.807, 2.05) is 35.1 Å². The van der Waals surface area contributed by atoms with Crippen LogP contribution in [0.25, 0.3) is 22.2 Å². The van der Waals surface area contributed by atoms with E-state index in [1.165, 1.54) is 17.7 Å². The minimum Gasteiger partial charge on any atom is -0.340 e. The summed E-state index contributed by atoms with van der Waals surface area (Å²) in [4.78, 5) is 27.6. The maximum atomic E-state index is 12.5. The molecule has 3 aromatic heterocycles. The van der Waals surface area contributed by atoms with Gasteiger partial charge in [-0.3, -0.25) is 14.4 Å². The van der Waals surface area contributed by atoms with E-state index in [2.05, 4.69) is 42.5 Å². The van der Waals surface area contributed by atoms with Gasteiger partial charge in [0.25, 0.3) is 0 Å². The van der Waals surface area contributed by atoms with Gasteiger partial charge >= 0.3 is 6.18 Å². The van der Waals surface area contributed by atoms with E-state index in [4.69, 9.17) is 0 Å². The van der Waals surface area contributed by atoms with Crippen LogP contribution in [0.3, 0.4) is 0 Å². The standard InChI is InChI=1S/C27H29F3N8O/c28-27(29,30)13-25(39)37-9-7-36(8-10-37)15-19-5-6-31-24(11-19)35-26-33-22-4-3-20(12-23(22)34-26)21-14-32-38(17-21)16-18-1-2-18/h3-6,11-12,14,17-18H,1-2,7-10,13,15-16H2,(H2,31,33,34,35). The number of rotatable bonds is 8. The Hall–Kier alpha value is -3.93. The lowest BCUT2D eigenvalue weighted by atomic mass is 10.1. The Morgan fingerprint density at radius 2 is 1.90 bits per heavy atom. The van der Waals surface area contributed by atoms with Crippen LogP contribution in [0.2, 0.25) is 0 Å². The summed E-state index contributed by atoms with van der Waals surface area (Å²) >= 11 is 0. The zero-order valence-corrected chi connectivity index (χ0v) is 21.3. The van der Waals surface area contributed by atoms with Crippen LogP contribution in [-0.4, -0.2) is 72.8 Å². The first-order valence-corrected chi connectivity index (χ1v) is 13.1. The molecule has 39 heavy (non-hydrogen) atoms. The van der Waals surface area contributed by atoms with Gasteiger partial charge in [-0.15, -0.1) is 0 Å².